The Morgan fingerprint density at radius 3 is 2.76 bits per heavy atom. The van der Waals surface area contributed by atoms with Crippen molar-refractivity contribution < 1.29 is 8.78 Å². The quantitative estimate of drug-likeness (QED) is 0.746. The third kappa shape index (κ3) is 4.46. The van der Waals surface area contributed by atoms with Crippen molar-refractivity contribution >= 4 is 17.4 Å². The van der Waals surface area contributed by atoms with E-state index < -0.39 is 5.76 Å². The van der Waals surface area contributed by atoms with Crippen LogP contribution < -0.4 is 5.32 Å². The van der Waals surface area contributed by atoms with E-state index in [1.54, 1.807) is 18.2 Å². The first kappa shape index (κ1) is 15.8. The van der Waals surface area contributed by atoms with Gasteiger partial charge in [0.25, 0.3) is 5.76 Å². The van der Waals surface area contributed by atoms with Crippen LogP contribution in [0.25, 0.3) is 0 Å². The minimum atomic E-state index is -2.42. The second-order valence-corrected chi connectivity index (χ2v) is 5.80. The SMILES string of the molecule is CCC(C)n1ccc(CNc2ccccc2SC(F)F)n1. The molecular formula is C15H19F2N3S. The van der Waals surface area contributed by atoms with Crippen molar-refractivity contribution in [1.82, 2.24) is 9.78 Å². The van der Waals surface area contributed by atoms with Crippen molar-refractivity contribution in [1.29, 1.82) is 0 Å². The lowest BCUT2D eigenvalue weighted by Crippen LogP contribution is -2.07. The summed E-state index contributed by atoms with van der Waals surface area (Å²) in [5.41, 5.74) is 1.60. The Kier molecular flexibility index (Phi) is 5.61. The highest BCUT2D eigenvalue weighted by Gasteiger charge is 2.10. The molecule has 1 N–H and O–H groups in total. The van der Waals surface area contributed by atoms with Crippen LogP contribution in [0.3, 0.4) is 0 Å². The Hall–Kier alpha value is -1.56. The lowest BCUT2D eigenvalue weighted by atomic mass is 10.3. The average Bonchev–Trinajstić information content (AvgIpc) is 2.94. The minimum Gasteiger partial charge on any atom is -0.378 e. The van der Waals surface area contributed by atoms with Crippen LogP contribution in [0.4, 0.5) is 14.5 Å². The van der Waals surface area contributed by atoms with E-state index in [0.29, 0.717) is 34.9 Å². The molecule has 0 aliphatic rings. The first-order chi connectivity index (χ1) is 10.1. The summed E-state index contributed by atoms with van der Waals surface area (Å²) in [6.07, 6.45) is 2.97. The molecule has 1 aromatic carbocycles. The molecule has 3 nitrogen and oxygen atoms in total. The number of rotatable bonds is 7. The molecule has 0 spiro atoms. The van der Waals surface area contributed by atoms with Crippen molar-refractivity contribution in [2.75, 3.05) is 5.32 Å². The summed E-state index contributed by atoms with van der Waals surface area (Å²) in [7, 11) is 0. The molecule has 0 bridgehead atoms. The number of anilines is 1. The van der Waals surface area contributed by atoms with Crippen molar-refractivity contribution in [3.63, 3.8) is 0 Å². The summed E-state index contributed by atoms with van der Waals surface area (Å²) in [5.74, 6) is -2.42. The van der Waals surface area contributed by atoms with Gasteiger partial charge < -0.3 is 5.32 Å². The normalized spacial score (nSPS) is 12.6. The molecule has 1 atom stereocenters. The van der Waals surface area contributed by atoms with E-state index in [2.05, 4.69) is 24.3 Å². The highest BCUT2D eigenvalue weighted by Crippen LogP contribution is 2.31. The number of hydrogen-bond donors (Lipinski definition) is 1. The number of halogens is 2. The van der Waals surface area contributed by atoms with Crippen LogP contribution in [-0.2, 0) is 6.54 Å². The maximum atomic E-state index is 12.5. The van der Waals surface area contributed by atoms with Gasteiger partial charge >= 0.3 is 0 Å². The second kappa shape index (κ2) is 7.45. The zero-order valence-electron chi connectivity index (χ0n) is 12.1. The van der Waals surface area contributed by atoms with Gasteiger partial charge in [0.1, 0.15) is 0 Å². The van der Waals surface area contributed by atoms with Crippen LogP contribution in [0.5, 0.6) is 0 Å². The summed E-state index contributed by atoms with van der Waals surface area (Å²) in [5, 5.41) is 7.66. The molecule has 6 heteroatoms. The predicted octanol–water partition coefficient (Wildman–Crippen LogP) is 4.78. The highest BCUT2D eigenvalue weighted by atomic mass is 32.2. The Balaban J connectivity index is 2.01. The molecule has 0 saturated carbocycles. The highest BCUT2D eigenvalue weighted by molar-refractivity contribution is 7.99. The van der Waals surface area contributed by atoms with E-state index in [4.69, 9.17) is 0 Å². The predicted molar refractivity (Wildman–Crippen MR) is 82.9 cm³/mol. The standard InChI is InChI=1S/C15H19F2N3S/c1-3-11(2)20-9-8-12(19-20)10-18-13-6-4-5-7-14(13)21-15(16)17/h4-9,11,15,18H,3,10H2,1-2H3. The van der Waals surface area contributed by atoms with Crippen molar-refractivity contribution in [3.8, 4) is 0 Å². The van der Waals surface area contributed by atoms with Gasteiger partial charge in [0.05, 0.1) is 12.2 Å². The number of thioether (sulfide) groups is 1. The molecule has 2 rings (SSSR count). The summed E-state index contributed by atoms with van der Waals surface area (Å²) in [6, 6.07) is 9.39. The molecule has 1 aromatic heterocycles. The fourth-order valence-corrected chi connectivity index (χ4v) is 2.52. The third-order valence-electron chi connectivity index (χ3n) is 3.27. The maximum absolute atomic E-state index is 12.5. The summed E-state index contributed by atoms with van der Waals surface area (Å²) in [4.78, 5) is 0.550. The molecule has 0 amide bonds. The lowest BCUT2D eigenvalue weighted by molar-refractivity contribution is 0.252. The Morgan fingerprint density at radius 2 is 2.05 bits per heavy atom. The zero-order chi connectivity index (χ0) is 15.2. The van der Waals surface area contributed by atoms with Crippen LogP contribution in [0, 0.1) is 0 Å². The molecule has 114 valence electrons. The molecule has 21 heavy (non-hydrogen) atoms. The molecule has 0 aliphatic heterocycles. The fraction of sp³-hybridized carbons (Fsp3) is 0.400. The van der Waals surface area contributed by atoms with E-state index in [1.807, 2.05) is 23.0 Å². The van der Waals surface area contributed by atoms with Crippen LogP contribution in [0.2, 0.25) is 0 Å². The minimum absolute atomic E-state index is 0.362. The average molecular weight is 311 g/mol. The Bertz CT molecular complexity index is 572. The Labute approximate surface area is 127 Å². The first-order valence-electron chi connectivity index (χ1n) is 6.92. The molecule has 1 heterocycles. The Morgan fingerprint density at radius 1 is 1.29 bits per heavy atom. The number of aromatic nitrogens is 2. The van der Waals surface area contributed by atoms with E-state index in [1.165, 1.54) is 0 Å². The topological polar surface area (TPSA) is 29.9 Å². The molecule has 0 saturated heterocycles. The number of alkyl halides is 2. The maximum Gasteiger partial charge on any atom is 0.288 e. The number of nitrogens with zero attached hydrogens (tertiary/aromatic N) is 2. The molecule has 1 unspecified atom stereocenters. The van der Waals surface area contributed by atoms with Gasteiger partial charge in [0.2, 0.25) is 0 Å². The van der Waals surface area contributed by atoms with Crippen molar-refractivity contribution in [2.45, 2.75) is 43.5 Å². The van der Waals surface area contributed by atoms with E-state index in [-0.39, 0.29) is 0 Å². The van der Waals surface area contributed by atoms with Crippen LogP contribution in [-0.4, -0.2) is 15.5 Å². The van der Waals surface area contributed by atoms with Crippen LogP contribution in [0.1, 0.15) is 32.0 Å². The third-order valence-corrected chi connectivity index (χ3v) is 4.06. The van der Waals surface area contributed by atoms with E-state index >= 15 is 0 Å². The zero-order valence-corrected chi connectivity index (χ0v) is 12.9. The number of nitrogens with one attached hydrogen (secondary N) is 1. The summed E-state index contributed by atoms with van der Waals surface area (Å²) in [6.45, 7) is 4.74. The van der Waals surface area contributed by atoms with Gasteiger partial charge in [-0.25, -0.2) is 0 Å². The summed E-state index contributed by atoms with van der Waals surface area (Å²) < 4.78 is 27.0. The van der Waals surface area contributed by atoms with E-state index in [9.17, 15) is 8.78 Å². The lowest BCUT2D eigenvalue weighted by Gasteiger charge is -2.11. The monoisotopic (exact) mass is 311 g/mol. The van der Waals surface area contributed by atoms with Gasteiger partial charge in [-0.15, -0.1) is 0 Å². The van der Waals surface area contributed by atoms with Gasteiger partial charge in [-0.05, 0) is 31.5 Å². The number of hydrogen-bond acceptors (Lipinski definition) is 3. The van der Waals surface area contributed by atoms with Gasteiger partial charge in [0.15, 0.2) is 0 Å². The number of para-hydroxylation sites is 1. The molecule has 0 fully saturated rings. The molecule has 0 aliphatic carbocycles. The van der Waals surface area contributed by atoms with Gasteiger partial charge in [-0.2, -0.15) is 13.9 Å². The smallest absolute Gasteiger partial charge is 0.288 e. The van der Waals surface area contributed by atoms with Gasteiger partial charge in [-0.1, -0.05) is 30.8 Å². The largest absolute Gasteiger partial charge is 0.378 e. The molecular weight excluding hydrogens is 292 g/mol. The van der Waals surface area contributed by atoms with Crippen molar-refractivity contribution in [3.05, 3.63) is 42.2 Å². The fourth-order valence-electron chi connectivity index (χ4n) is 1.90. The number of benzene rings is 1. The first-order valence-corrected chi connectivity index (χ1v) is 7.80. The second-order valence-electron chi connectivity index (χ2n) is 4.77. The summed E-state index contributed by atoms with van der Waals surface area (Å²) >= 11 is 0.552. The molecule has 0 radical (unpaired) electrons. The molecule has 2 aromatic rings. The van der Waals surface area contributed by atoms with Gasteiger partial charge in [-0.3, -0.25) is 4.68 Å². The van der Waals surface area contributed by atoms with Crippen LogP contribution >= 0.6 is 11.8 Å². The van der Waals surface area contributed by atoms with Crippen molar-refractivity contribution in [2.24, 2.45) is 0 Å². The van der Waals surface area contributed by atoms with Crippen LogP contribution in [0.15, 0.2) is 41.4 Å². The van der Waals surface area contributed by atoms with Gasteiger partial charge in [0, 0.05) is 22.8 Å². The van der Waals surface area contributed by atoms with E-state index in [0.717, 1.165) is 12.1 Å².